The zero-order valence-corrected chi connectivity index (χ0v) is 14.7. The maximum atomic E-state index is 13.5. The highest BCUT2D eigenvalue weighted by atomic mass is 19.1. The summed E-state index contributed by atoms with van der Waals surface area (Å²) in [5, 5.41) is 12.2. The molecule has 0 spiro atoms. The zero-order chi connectivity index (χ0) is 19.6. The minimum atomic E-state index is -1.13. The van der Waals surface area contributed by atoms with E-state index in [1.54, 1.807) is 24.3 Å². The van der Waals surface area contributed by atoms with E-state index in [1.165, 1.54) is 19.2 Å². The largest absolute Gasteiger partial charge is 0.480 e. The van der Waals surface area contributed by atoms with E-state index in [9.17, 15) is 23.9 Å². The lowest BCUT2D eigenvalue weighted by Gasteiger charge is -2.31. The number of carbonyl (C=O) groups is 3. The molecule has 3 rings (SSSR count). The topological polar surface area (TPSA) is 86.7 Å². The molecular weight excluding hydrogens is 351 g/mol. The van der Waals surface area contributed by atoms with Crippen LogP contribution in [0.15, 0.2) is 48.5 Å². The molecule has 140 valence electrons. The first-order chi connectivity index (χ1) is 12.9. The van der Waals surface area contributed by atoms with Crippen LogP contribution in [0.2, 0.25) is 0 Å². The molecule has 2 N–H and O–H groups in total. The van der Waals surface area contributed by atoms with E-state index in [2.05, 4.69) is 5.32 Å². The molecule has 2 unspecified atom stereocenters. The van der Waals surface area contributed by atoms with Gasteiger partial charge in [-0.05, 0) is 23.3 Å². The van der Waals surface area contributed by atoms with Gasteiger partial charge in [-0.15, -0.1) is 0 Å². The maximum Gasteiger partial charge on any atom is 0.326 e. The predicted molar refractivity (Wildman–Crippen MR) is 96.7 cm³/mol. The second kappa shape index (κ2) is 7.57. The van der Waals surface area contributed by atoms with Crippen molar-refractivity contribution in [2.45, 2.75) is 24.8 Å². The second-order valence-corrected chi connectivity index (χ2v) is 6.53. The van der Waals surface area contributed by atoms with Crippen LogP contribution in [0, 0.1) is 5.82 Å². The van der Waals surface area contributed by atoms with Crippen LogP contribution in [-0.2, 0) is 20.8 Å². The van der Waals surface area contributed by atoms with E-state index >= 15 is 0 Å². The molecule has 2 aromatic carbocycles. The molecule has 0 fully saturated rings. The number of halogens is 1. The average molecular weight is 370 g/mol. The summed E-state index contributed by atoms with van der Waals surface area (Å²) in [4.78, 5) is 37.9. The van der Waals surface area contributed by atoms with Gasteiger partial charge in [0.2, 0.25) is 11.8 Å². The summed E-state index contributed by atoms with van der Waals surface area (Å²) in [6.07, 6.45) is 0.0348. The summed E-state index contributed by atoms with van der Waals surface area (Å²) < 4.78 is 13.5. The monoisotopic (exact) mass is 370 g/mol. The van der Waals surface area contributed by atoms with Gasteiger partial charge < -0.3 is 15.3 Å². The summed E-state index contributed by atoms with van der Waals surface area (Å²) in [5.41, 5.74) is 1.51. The molecule has 1 aliphatic heterocycles. The normalized spacial score (nSPS) is 16.8. The number of benzene rings is 2. The second-order valence-electron chi connectivity index (χ2n) is 6.53. The average Bonchev–Trinajstić information content (AvgIpc) is 2.64. The van der Waals surface area contributed by atoms with Crippen LogP contribution in [0.1, 0.15) is 23.5 Å². The molecule has 1 heterocycles. The number of fused-ring (bicyclic) bond motifs is 1. The molecule has 6 nitrogen and oxygen atoms in total. The number of amides is 2. The van der Waals surface area contributed by atoms with Crippen molar-refractivity contribution in [3.8, 4) is 0 Å². The summed E-state index contributed by atoms with van der Waals surface area (Å²) in [7, 11) is 1.42. The molecule has 0 aromatic heterocycles. The molecule has 0 radical (unpaired) electrons. The van der Waals surface area contributed by atoms with Crippen molar-refractivity contribution < 1.29 is 23.9 Å². The smallest absolute Gasteiger partial charge is 0.326 e. The number of nitrogens with zero attached hydrogens (tertiary/aromatic N) is 1. The number of likely N-dealkylation sites (N-methyl/N-ethyl adjacent to an activating group) is 1. The van der Waals surface area contributed by atoms with Gasteiger partial charge in [0.05, 0.1) is 5.92 Å². The number of carbonyl (C=O) groups excluding carboxylic acids is 2. The Labute approximate surface area is 155 Å². The number of aliphatic carboxylic acids is 1. The Balaban J connectivity index is 1.87. The van der Waals surface area contributed by atoms with Gasteiger partial charge in [0.25, 0.3) is 0 Å². The highest BCUT2D eigenvalue weighted by Gasteiger charge is 2.36. The highest BCUT2D eigenvalue weighted by molar-refractivity contribution is 6.01. The van der Waals surface area contributed by atoms with Crippen molar-refractivity contribution >= 4 is 23.5 Å². The summed E-state index contributed by atoms with van der Waals surface area (Å²) in [6.45, 7) is 0. The van der Waals surface area contributed by atoms with Crippen molar-refractivity contribution in [3.63, 3.8) is 0 Å². The number of anilines is 1. The van der Waals surface area contributed by atoms with Gasteiger partial charge in [0.1, 0.15) is 11.9 Å². The lowest BCUT2D eigenvalue weighted by Crippen LogP contribution is -2.47. The third-order valence-electron chi connectivity index (χ3n) is 4.72. The Morgan fingerprint density at radius 2 is 1.96 bits per heavy atom. The lowest BCUT2D eigenvalue weighted by atomic mass is 9.88. The van der Waals surface area contributed by atoms with Gasteiger partial charge in [-0.25, -0.2) is 9.18 Å². The molecule has 2 amide bonds. The molecule has 0 saturated carbocycles. The number of nitrogens with one attached hydrogen (secondary N) is 1. The Morgan fingerprint density at radius 3 is 2.63 bits per heavy atom. The van der Waals surface area contributed by atoms with E-state index in [4.69, 9.17) is 0 Å². The summed E-state index contributed by atoms with van der Waals surface area (Å²) in [5.74, 6) is -3.40. The first-order valence-corrected chi connectivity index (χ1v) is 8.49. The van der Waals surface area contributed by atoms with E-state index in [0.29, 0.717) is 5.56 Å². The van der Waals surface area contributed by atoms with E-state index in [0.717, 1.165) is 16.5 Å². The number of carboxylic acids is 1. The molecule has 0 aliphatic carbocycles. The van der Waals surface area contributed by atoms with Crippen LogP contribution in [0.5, 0.6) is 0 Å². The fourth-order valence-corrected chi connectivity index (χ4v) is 3.28. The zero-order valence-electron chi connectivity index (χ0n) is 14.7. The molecular formula is C20H19FN2O4. The van der Waals surface area contributed by atoms with E-state index < -0.39 is 35.6 Å². The first kappa shape index (κ1) is 18.6. The van der Waals surface area contributed by atoms with Gasteiger partial charge in [0, 0.05) is 25.6 Å². The fraction of sp³-hybridized carbons (Fsp3) is 0.250. The standard InChI is InChI=1S/C20H19FN2O4/c1-23(17(20(26)27)9-12-5-3-2-4-6-12)19(25)15-11-18(24)22-16-10-13(21)7-8-14(15)16/h2-8,10,15,17H,9,11H2,1H3,(H,22,24)(H,26,27). The Morgan fingerprint density at radius 1 is 1.26 bits per heavy atom. The molecule has 27 heavy (non-hydrogen) atoms. The lowest BCUT2D eigenvalue weighted by molar-refractivity contribution is -0.149. The van der Waals surface area contributed by atoms with Crippen LogP contribution >= 0.6 is 0 Å². The molecule has 2 atom stereocenters. The van der Waals surface area contributed by atoms with Gasteiger partial charge in [-0.2, -0.15) is 0 Å². The molecule has 0 saturated heterocycles. The number of hydrogen-bond donors (Lipinski definition) is 2. The minimum absolute atomic E-state index is 0.112. The van der Waals surface area contributed by atoms with Gasteiger partial charge in [-0.1, -0.05) is 36.4 Å². The van der Waals surface area contributed by atoms with Gasteiger partial charge >= 0.3 is 5.97 Å². The van der Waals surface area contributed by atoms with Crippen LogP contribution in [0.3, 0.4) is 0 Å². The Kier molecular flexibility index (Phi) is 5.21. The van der Waals surface area contributed by atoms with Crippen LogP contribution < -0.4 is 5.32 Å². The predicted octanol–water partition coefficient (Wildman–Crippen LogP) is 2.41. The molecule has 7 heteroatoms. The Hall–Kier alpha value is -3.22. The minimum Gasteiger partial charge on any atom is -0.480 e. The van der Waals surface area contributed by atoms with Gasteiger partial charge in [0.15, 0.2) is 0 Å². The molecule has 0 bridgehead atoms. The van der Waals surface area contributed by atoms with Gasteiger partial charge in [-0.3, -0.25) is 9.59 Å². The van der Waals surface area contributed by atoms with Crippen LogP contribution in [0.25, 0.3) is 0 Å². The SMILES string of the molecule is CN(C(=O)C1CC(=O)Nc2cc(F)ccc21)C(Cc1ccccc1)C(=O)O. The molecule has 1 aliphatic rings. The summed E-state index contributed by atoms with van der Waals surface area (Å²) >= 11 is 0. The number of carboxylic acid groups (broad SMARTS) is 1. The third-order valence-corrected chi connectivity index (χ3v) is 4.72. The van der Waals surface area contributed by atoms with Crippen molar-refractivity contribution in [2.75, 3.05) is 12.4 Å². The third kappa shape index (κ3) is 3.97. The fourth-order valence-electron chi connectivity index (χ4n) is 3.28. The van der Waals surface area contributed by atoms with E-state index in [-0.39, 0.29) is 18.5 Å². The van der Waals surface area contributed by atoms with Crippen LogP contribution in [-0.4, -0.2) is 40.9 Å². The van der Waals surface area contributed by atoms with Crippen molar-refractivity contribution in [1.29, 1.82) is 0 Å². The van der Waals surface area contributed by atoms with Crippen molar-refractivity contribution in [3.05, 3.63) is 65.5 Å². The van der Waals surface area contributed by atoms with Crippen LogP contribution in [0.4, 0.5) is 10.1 Å². The molecule has 2 aromatic rings. The Bertz CT molecular complexity index is 885. The van der Waals surface area contributed by atoms with Crippen molar-refractivity contribution in [1.82, 2.24) is 4.90 Å². The quantitative estimate of drug-likeness (QED) is 0.846. The highest BCUT2D eigenvalue weighted by Crippen LogP contribution is 2.34. The number of hydrogen-bond acceptors (Lipinski definition) is 3. The number of rotatable bonds is 5. The van der Waals surface area contributed by atoms with E-state index in [1.807, 2.05) is 6.07 Å². The van der Waals surface area contributed by atoms with Crippen molar-refractivity contribution in [2.24, 2.45) is 0 Å². The summed E-state index contributed by atoms with van der Waals surface area (Å²) in [6, 6.07) is 11.8. The first-order valence-electron chi connectivity index (χ1n) is 8.49. The maximum absolute atomic E-state index is 13.5.